The fourth-order valence-corrected chi connectivity index (χ4v) is 3.12. The third-order valence-corrected chi connectivity index (χ3v) is 4.72. The zero-order valence-electron chi connectivity index (χ0n) is 17.9. The third-order valence-electron chi connectivity index (χ3n) is 4.72. The number of carbonyl (C=O) groups is 1. The van der Waals surface area contributed by atoms with Crippen LogP contribution in [-0.4, -0.2) is 21.4 Å². The Morgan fingerprint density at radius 3 is 2.35 bits per heavy atom. The molecule has 0 aliphatic rings. The van der Waals surface area contributed by atoms with Gasteiger partial charge < -0.3 is 10.1 Å². The molecule has 0 aliphatic carbocycles. The van der Waals surface area contributed by atoms with Crippen LogP contribution in [0.4, 0.5) is 5.69 Å². The molecule has 3 rings (SSSR count). The number of aromatic nitrogens is 2. The van der Waals surface area contributed by atoms with Gasteiger partial charge in [0.1, 0.15) is 23.1 Å². The lowest BCUT2D eigenvalue weighted by atomic mass is 10.1. The average molecular weight is 416 g/mol. The van der Waals surface area contributed by atoms with Gasteiger partial charge in [-0.1, -0.05) is 30.3 Å². The van der Waals surface area contributed by atoms with E-state index in [4.69, 9.17) is 4.74 Å². The van der Waals surface area contributed by atoms with E-state index in [2.05, 4.69) is 5.32 Å². The van der Waals surface area contributed by atoms with Crippen LogP contribution in [0.25, 0.3) is 11.8 Å². The number of amides is 1. The molecule has 0 saturated carbocycles. The second-order valence-corrected chi connectivity index (χ2v) is 7.30. The molecule has 0 bridgehead atoms. The molecule has 158 valence electrons. The maximum Gasteiger partial charge on any atom is 0.295 e. The number of hydrogen-bond acceptors (Lipinski definition) is 4. The van der Waals surface area contributed by atoms with Crippen molar-refractivity contribution < 1.29 is 9.53 Å². The Hall–Kier alpha value is -4.05. The van der Waals surface area contributed by atoms with Crippen LogP contribution in [-0.2, 0) is 11.8 Å². The van der Waals surface area contributed by atoms with Crippen LogP contribution in [0.5, 0.6) is 5.75 Å². The van der Waals surface area contributed by atoms with Crippen LogP contribution < -0.4 is 15.6 Å². The van der Waals surface area contributed by atoms with Gasteiger partial charge in [0.2, 0.25) is 0 Å². The van der Waals surface area contributed by atoms with Crippen LogP contribution in [0.3, 0.4) is 0 Å². The summed E-state index contributed by atoms with van der Waals surface area (Å²) in [7, 11) is 1.74. The van der Waals surface area contributed by atoms with Crippen molar-refractivity contribution >= 4 is 17.7 Å². The van der Waals surface area contributed by atoms with Crippen molar-refractivity contribution in [2.75, 3.05) is 5.32 Å². The van der Waals surface area contributed by atoms with Crippen LogP contribution >= 0.6 is 0 Å². The van der Waals surface area contributed by atoms with E-state index in [0.29, 0.717) is 22.7 Å². The van der Waals surface area contributed by atoms with Gasteiger partial charge in [-0.2, -0.15) is 5.26 Å². The van der Waals surface area contributed by atoms with E-state index >= 15 is 0 Å². The van der Waals surface area contributed by atoms with Crippen LogP contribution in [0, 0.1) is 18.3 Å². The number of para-hydroxylation sites is 1. The van der Waals surface area contributed by atoms with Crippen LogP contribution in [0.15, 0.2) is 65.0 Å². The Kier molecular flexibility index (Phi) is 6.41. The molecular formula is C24H24N4O3. The first kappa shape index (κ1) is 21.7. The number of nitrogens with one attached hydrogen (secondary N) is 1. The van der Waals surface area contributed by atoms with E-state index in [1.807, 2.05) is 38.1 Å². The molecule has 31 heavy (non-hydrogen) atoms. The molecule has 7 nitrogen and oxygen atoms in total. The number of carbonyl (C=O) groups excluding carboxylic acids is 1. The first-order valence-corrected chi connectivity index (χ1v) is 9.85. The Morgan fingerprint density at radius 1 is 1.13 bits per heavy atom. The highest BCUT2D eigenvalue weighted by molar-refractivity contribution is 6.09. The molecule has 0 unspecified atom stereocenters. The first-order chi connectivity index (χ1) is 14.8. The van der Waals surface area contributed by atoms with Gasteiger partial charge in [-0.3, -0.25) is 14.3 Å². The number of nitriles is 1. The maximum atomic E-state index is 13.0. The molecule has 0 atom stereocenters. The zero-order valence-corrected chi connectivity index (χ0v) is 17.9. The molecule has 0 saturated heterocycles. The SMILES string of the molecule is Cc1c(NC(=O)/C(C#N)=C\c2ccc(OC(C)C)cc2)c(=O)n(-c2ccccc2)n1C. The second kappa shape index (κ2) is 9.18. The molecular weight excluding hydrogens is 392 g/mol. The van der Waals surface area contributed by atoms with Gasteiger partial charge in [0.15, 0.2) is 0 Å². The van der Waals surface area contributed by atoms with Crippen molar-refractivity contribution in [2.24, 2.45) is 7.05 Å². The number of hydrogen-bond donors (Lipinski definition) is 1. The van der Waals surface area contributed by atoms with Crippen molar-refractivity contribution in [3.63, 3.8) is 0 Å². The largest absolute Gasteiger partial charge is 0.491 e. The molecule has 0 aliphatic heterocycles. The van der Waals surface area contributed by atoms with Crippen molar-refractivity contribution in [3.05, 3.63) is 81.8 Å². The van der Waals surface area contributed by atoms with Crippen LogP contribution in [0.2, 0.25) is 0 Å². The van der Waals surface area contributed by atoms with Crippen molar-refractivity contribution in [3.8, 4) is 17.5 Å². The van der Waals surface area contributed by atoms with Gasteiger partial charge in [0.05, 0.1) is 17.5 Å². The second-order valence-electron chi connectivity index (χ2n) is 7.30. The summed E-state index contributed by atoms with van der Waals surface area (Å²) in [6.07, 6.45) is 1.53. The Morgan fingerprint density at radius 2 is 1.77 bits per heavy atom. The Bertz CT molecular complexity index is 1210. The summed E-state index contributed by atoms with van der Waals surface area (Å²) in [6, 6.07) is 18.1. The van der Waals surface area contributed by atoms with Gasteiger partial charge in [-0.25, -0.2) is 4.68 Å². The number of rotatable bonds is 6. The lowest BCUT2D eigenvalue weighted by molar-refractivity contribution is -0.112. The van der Waals surface area contributed by atoms with Gasteiger partial charge >= 0.3 is 0 Å². The minimum atomic E-state index is -0.643. The topological polar surface area (TPSA) is 89.1 Å². The molecule has 1 heterocycles. The number of benzene rings is 2. The lowest BCUT2D eigenvalue weighted by Gasteiger charge is -2.09. The monoisotopic (exact) mass is 416 g/mol. The van der Waals surface area contributed by atoms with E-state index in [9.17, 15) is 14.9 Å². The van der Waals surface area contributed by atoms with E-state index in [0.717, 1.165) is 0 Å². The first-order valence-electron chi connectivity index (χ1n) is 9.85. The summed E-state index contributed by atoms with van der Waals surface area (Å²) in [6.45, 7) is 5.60. The average Bonchev–Trinajstić information content (AvgIpc) is 2.96. The molecule has 2 aromatic carbocycles. The van der Waals surface area contributed by atoms with Crippen LogP contribution in [0.1, 0.15) is 25.1 Å². The molecule has 1 N–H and O–H groups in total. The third kappa shape index (κ3) is 4.75. The van der Waals surface area contributed by atoms with E-state index in [-0.39, 0.29) is 22.9 Å². The van der Waals surface area contributed by atoms with Gasteiger partial charge in [0, 0.05) is 7.05 Å². The lowest BCUT2D eigenvalue weighted by Crippen LogP contribution is -2.23. The molecule has 0 radical (unpaired) electrons. The molecule has 7 heteroatoms. The maximum absolute atomic E-state index is 13.0. The predicted molar refractivity (Wildman–Crippen MR) is 120 cm³/mol. The summed E-state index contributed by atoms with van der Waals surface area (Å²) in [4.78, 5) is 25.7. The quantitative estimate of drug-likeness (QED) is 0.489. The summed E-state index contributed by atoms with van der Waals surface area (Å²) >= 11 is 0. The fourth-order valence-electron chi connectivity index (χ4n) is 3.12. The molecule has 0 fully saturated rings. The van der Waals surface area contributed by atoms with Gasteiger partial charge in [-0.05, 0) is 56.7 Å². The van der Waals surface area contributed by atoms with Crippen molar-refractivity contribution in [2.45, 2.75) is 26.9 Å². The van der Waals surface area contributed by atoms with E-state index in [1.54, 1.807) is 55.1 Å². The van der Waals surface area contributed by atoms with Gasteiger partial charge in [0.25, 0.3) is 11.5 Å². The normalized spacial score (nSPS) is 11.3. The summed E-state index contributed by atoms with van der Waals surface area (Å²) in [5, 5.41) is 12.1. The van der Waals surface area contributed by atoms with Crippen molar-refractivity contribution in [1.29, 1.82) is 5.26 Å². The smallest absolute Gasteiger partial charge is 0.295 e. The number of nitrogens with zero attached hydrogens (tertiary/aromatic N) is 3. The summed E-state index contributed by atoms with van der Waals surface area (Å²) in [5.41, 5.74) is 1.60. The van der Waals surface area contributed by atoms with Crippen molar-refractivity contribution in [1.82, 2.24) is 9.36 Å². The number of ether oxygens (including phenoxy) is 1. The molecule has 3 aromatic rings. The van der Waals surface area contributed by atoms with Gasteiger partial charge in [-0.15, -0.1) is 0 Å². The minimum Gasteiger partial charge on any atom is -0.491 e. The molecule has 1 aromatic heterocycles. The molecule has 1 amide bonds. The standard InChI is InChI=1S/C24H24N4O3/c1-16(2)31-21-12-10-18(11-13-21)14-19(15-25)23(29)26-22-17(3)27(4)28(24(22)30)20-8-6-5-7-9-20/h5-14,16H,1-4H3,(H,26,29)/b19-14-. The predicted octanol–water partition coefficient (Wildman–Crippen LogP) is 3.82. The molecule has 0 spiro atoms. The highest BCUT2D eigenvalue weighted by Crippen LogP contribution is 2.18. The highest BCUT2D eigenvalue weighted by Gasteiger charge is 2.19. The summed E-state index contributed by atoms with van der Waals surface area (Å²) < 4.78 is 8.73. The Balaban J connectivity index is 1.87. The zero-order chi connectivity index (χ0) is 22.5. The Labute approximate surface area is 180 Å². The summed E-state index contributed by atoms with van der Waals surface area (Å²) in [5.74, 6) is 0.0625. The fraction of sp³-hybridized carbons (Fsp3) is 0.208. The van der Waals surface area contributed by atoms with E-state index < -0.39 is 5.91 Å². The van der Waals surface area contributed by atoms with E-state index in [1.165, 1.54) is 10.8 Å². The minimum absolute atomic E-state index is 0.0517. The highest BCUT2D eigenvalue weighted by atomic mass is 16.5. The number of anilines is 1.